The van der Waals surface area contributed by atoms with Gasteiger partial charge in [0.15, 0.2) is 0 Å². The van der Waals surface area contributed by atoms with Gasteiger partial charge in [-0.05, 0) is 43.0 Å². The molecule has 0 spiro atoms. The fourth-order valence-electron chi connectivity index (χ4n) is 4.24. The quantitative estimate of drug-likeness (QED) is 0.368. The highest BCUT2D eigenvalue weighted by Crippen LogP contribution is 2.30. The van der Waals surface area contributed by atoms with E-state index >= 15 is 0 Å². The van der Waals surface area contributed by atoms with Crippen LogP contribution in [-0.4, -0.2) is 46.1 Å². The molecule has 2 heterocycles. The van der Waals surface area contributed by atoms with Crippen molar-refractivity contribution < 1.29 is 19.0 Å². The Labute approximate surface area is 209 Å². The lowest BCUT2D eigenvalue weighted by Crippen LogP contribution is -2.37. The summed E-state index contributed by atoms with van der Waals surface area (Å²) in [5.74, 6) is 1.10. The highest BCUT2D eigenvalue weighted by atomic mass is 16.6. The van der Waals surface area contributed by atoms with Gasteiger partial charge in [0.05, 0.1) is 24.3 Å². The number of anilines is 1. The van der Waals surface area contributed by atoms with Gasteiger partial charge in [0.25, 0.3) is 5.69 Å². The maximum Gasteiger partial charge on any atom is 0.271 e. The molecule has 2 aromatic carbocycles. The molecular weight excluding hydrogens is 462 g/mol. The van der Waals surface area contributed by atoms with Crippen molar-refractivity contribution in [3.05, 3.63) is 64.0 Å². The van der Waals surface area contributed by atoms with Gasteiger partial charge in [-0.1, -0.05) is 50.2 Å². The smallest absolute Gasteiger partial charge is 0.271 e. The standard InChI is InChI=1S/C26H31N5O5/c1-26(2,3)19-7-5-17(6-8-19)24-28-23(36-29-24)16-30-13-11-18(12-14-30)25(32)27-21-15-20(31(33)34)9-10-22(21)35-4/h5-10,15,18H,11-14,16H2,1-4H3,(H,27,32). The zero-order chi connectivity index (χ0) is 25.9. The van der Waals surface area contributed by atoms with Crippen LogP contribution in [0.15, 0.2) is 47.0 Å². The number of hydrogen-bond donors (Lipinski definition) is 1. The number of amides is 1. The number of piperidine rings is 1. The molecule has 0 radical (unpaired) electrons. The first kappa shape index (κ1) is 25.3. The Balaban J connectivity index is 1.32. The van der Waals surface area contributed by atoms with Crippen molar-refractivity contribution in [2.24, 2.45) is 5.92 Å². The van der Waals surface area contributed by atoms with Crippen molar-refractivity contribution in [2.75, 3.05) is 25.5 Å². The minimum Gasteiger partial charge on any atom is -0.495 e. The van der Waals surface area contributed by atoms with Crippen LogP contribution in [0.25, 0.3) is 11.4 Å². The molecule has 190 valence electrons. The molecule has 1 aromatic heterocycles. The number of ether oxygens (including phenoxy) is 1. The molecular formula is C26H31N5O5. The molecule has 0 aliphatic carbocycles. The van der Waals surface area contributed by atoms with Crippen molar-refractivity contribution in [3.63, 3.8) is 0 Å². The van der Waals surface area contributed by atoms with Crippen molar-refractivity contribution in [1.29, 1.82) is 0 Å². The first-order chi connectivity index (χ1) is 17.1. The third kappa shape index (κ3) is 5.88. The molecule has 1 aliphatic heterocycles. The van der Waals surface area contributed by atoms with Crippen LogP contribution >= 0.6 is 0 Å². The Morgan fingerprint density at radius 2 is 1.89 bits per heavy atom. The van der Waals surface area contributed by atoms with E-state index in [1.54, 1.807) is 0 Å². The van der Waals surface area contributed by atoms with E-state index in [0.717, 1.165) is 5.56 Å². The number of carbonyl (C=O) groups is 1. The molecule has 0 saturated carbocycles. The molecule has 1 aliphatic rings. The molecule has 10 heteroatoms. The van der Waals surface area contributed by atoms with Gasteiger partial charge in [-0.15, -0.1) is 0 Å². The normalized spacial score (nSPS) is 15.0. The van der Waals surface area contributed by atoms with Gasteiger partial charge in [0, 0.05) is 23.6 Å². The number of nitro benzene ring substituents is 1. The van der Waals surface area contributed by atoms with Crippen LogP contribution in [0.2, 0.25) is 0 Å². The Hall–Kier alpha value is -3.79. The summed E-state index contributed by atoms with van der Waals surface area (Å²) in [6, 6.07) is 12.3. The van der Waals surface area contributed by atoms with Crippen LogP contribution in [-0.2, 0) is 16.8 Å². The van der Waals surface area contributed by atoms with E-state index in [0.29, 0.717) is 55.6 Å². The summed E-state index contributed by atoms with van der Waals surface area (Å²) in [7, 11) is 1.46. The zero-order valence-corrected chi connectivity index (χ0v) is 21.0. The highest BCUT2D eigenvalue weighted by Gasteiger charge is 2.27. The molecule has 1 N–H and O–H groups in total. The van der Waals surface area contributed by atoms with E-state index in [2.05, 4.69) is 53.3 Å². The molecule has 36 heavy (non-hydrogen) atoms. The number of aromatic nitrogens is 2. The van der Waals surface area contributed by atoms with Gasteiger partial charge >= 0.3 is 0 Å². The lowest BCUT2D eigenvalue weighted by molar-refractivity contribution is -0.384. The lowest BCUT2D eigenvalue weighted by Gasteiger charge is -2.30. The Morgan fingerprint density at radius 1 is 1.19 bits per heavy atom. The van der Waals surface area contributed by atoms with Crippen LogP contribution in [0, 0.1) is 16.0 Å². The summed E-state index contributed by atoms with van der Waals surface area (Å²) < 4.78 is 10.7. The molecule has 3 aromatic rings. The SMILES string of the molecule is COc1ccc([N+](=O)[O-])cc1NC(=O)C1CCN(Cc2nc(-c3ccc(C(C)(C)C)cc3)no2)CC1. The van der Waals surface area contributed by atoms with E-state index in [4.69, 9.17) is 9.26 Å². The van der Waals surface area contributed by atoms with E-state index in [1.165, 1.54) is 30.9 Å². The molecule has 4 rings (SSSR count). The number of benzene rings is 2. The molecule has 1 fully saturated rings. The number of hydrogen-bond acceptors (Lipinski definition) is 8. The maximum atomic E-state index is 12.8. The van der Waals surface area contributed by atoms with Crippen LogP contribution in [0.1, 0.15) is 45.1 Å². The fourth-order valence-corrected chi connectivity index (χ4v) is 4.24. The van der Waals surface area contributed by atoms with Crippen LogP contribution in [0.5, 0.6) is 5.75 Å². The summed E-state index contributed by atoms with van der Waals surface area (Å²) in [4.78, 5) is 30.1. The molecule has 1 saturated heterocycles. The largest absolute Gasteiger partial charge is 0.495 e. The molecule has 0 atom stereocenters. The van der Waals surface area contributed by atoms with E-state index in [-0.39, 0.29) is 22.9 Å². The minimum absolute atomic E-state index is 0.0785. The number of rotatable bonds is 7. The van der Waals surface area contributed by atoms with E-state index in [1.807, 2.05) is 12.1 Å². The summed E-state index contributed by atoms with van der Waals surface area (Å²) in [5, 5.41) is 18.0. The average molecular weight is 494 g/mol. The predicted octanol–water partition coefficient (Wildman–Crippen LogP) is 4.80. The summed E-state index contributed by atoms with van der Waals surface area (Å²) in [6.07, 6.45) is 1.30. The third-order valence-corrected chi connectivity index (χ3v) is 6.45. The highest BCUT2D eigenvalue weighted by molar-refractivity contribution is 5.94. The predicted molar refractivity (Wildman–Crippen MR) is 135 cm³/mol. The average Bonchev–Trinajstić information content (AvgIpc) is 3.32. The number of carbonyl (C=O) groups excluding carboxylic acids is 1. The maximum absolute atomic E-state index is 12.8. The van der Waals surface area contributed by atoms with Crippen molar-refractivity contribution in [2.45, 2.75) is 45.6 Å². The summed E-state index contributed by atoms with van der Waals surface area (Å²) in [5.41, 5.74) is 2.42. The monoisotopic (exact) mass is 493 g/mol. The Morgan fingerprint density at radius 3 is 2.50 bits per heavy atom. The number of nitrogens with one attached hydrogen (secondary N) is 1. The molecule has 1 amide bonds. The molecule has 10 nitrogen and oxygen atoms in total. The number of non-ortho nitro benzene ring substituents is 1. The van der Waals surface area contributed by atoms with Gasteiger partial charge in [-0.3, -0.25) is 19.8 Å². The second-order valence-electron chi connectivity index (χ2n) is 10.0. The third-order valence-electron chi connectivity index (χ3n) is 6.45. The van der Waals surface area contributed by atoms with Crippen molar-refractivity contribution in [3.8, 4) is 17.1 Å². The second kappa shape index (κ2) is 10.4. The van der Waals surface area contributed by atoms with E-state index < -0.39 is 4.92 Å². The number of nitro groups is 1. The van der Waals surface area contributed by atoms with Gasteiger partial charge in [0.2, 0.25) is 17.6 Å². The summed E-state index contributed by atoms with van der Waals surface area (Å²) >= 11 is 0. The Kier molecular flexibility index (Phi) is 7.35. The van der Waals surface area contributed by atoms with E-state index in [9.17, 15) is 14.9 Å². The molecule has 0 unspecified atom stereocenters. The first-order valence-corrected chi connectivity index (χ1v) is 11.9. The molecule has 0 bridgehead atoms. The van der Waals surface area contributed by atoms with Crippen LogP contribution < -0.4 is 10.1 Å². The Bertz CT molecular complexity index is 1220. The fraction of sp³-hybridized carbons (Fsp3) is 0.423. The number of likely N-dealkylation sites (tertiary alicyclic amines) is 1. The van der Waals surface area contributed by atoms with Crippen LogP contribution in [0.3, 0.4) is 0 Å². The van der Waals surface area contributed by atoms with Crippen molar-refractivity contribution >= 4 is 17.3 Å². The van der Waals surface area contributed by atoms with Gasteiger partial charge in [0.1, 0.15) is 5.75 Å². The topological polar surface area (TPSA) is 124 Å². The van der Waals surface area contributed by atoms with Crippen molar-refractivity contribution in [1.82, 2.24) is 15.0 Å². The van der Waals surface area contributed by atoms with Gasteiger partial charge in [-0.2, -0.15) is 4.98 Å². The minimum atomic E-state index is -0.503. The second-order valence-corrected chi connectivity index (χ2v) is 10.0. The zero-order valence-electron chi connectivity index (χ0n) is 21.0. The number of nitrogens with zero attached hydrogens (tertiary/aromatic N) is 4. The van der Waals surface area contributed by atoms with Crippen LogP contribution in [0.4, 0.5) is 11.4 Å². The lowest BCUT2D eigenvalue weighted by atomic mass is 9.87. The van der Waals surface area contributed by atoms with Gasteiger partial charge in [-0.25, -0.2) is 0 Å². The number of methoxy groups -OCH3 is 1. The first-order valence-electron chi connectivity index (χ1n) is 11.9. The summed E-state index contributed by atoms with van der Waals surface area (Å²) in [6.45, 7) is 8.42. The van der Waals surface area contributed by atoms with Gasteiger partial charge < -0.3 is 14.6 Å².